The third-order valence-electron chi connectivity index (χ3n) is 7.99. The first kappa shape index (κ1) is 27.8. The van der Waals surface area contributed by atoms with Gasteiger partial charge in [0.25, 0.3) is 5.56 Å². The van der Waals surface area contributed by atoms with Crippen LogP contribution in [-0.4, -0.2) is 53.0 Å². The number of unbranched alkanes of at least 4 members (excludes halogenated alkanes) is 2. The zero-order valence-corrected chi connectivity index (χ0v) is 24.1. The van der Waals surface area contributed by atoms with Crippen LogP contribution in [0.15, 0.2) is 58.1 Å². The quantitative estimate of drug-likeness (QED) is 0.213. The Balaban J connectivity index is 1.42. The Hall–Kier alpha value is -4.38. The highest BCUT2D eigenvalue weighted by molar-refractivity contribution is 5.80. The summed E-state index contributed by atoms with van der Waals surface area (Å²) < 4.78 is 10.4. The van der Waals surface area contributed by atoms with Gasteiger partial charge in [-0.05, 0) is 52.3 Å². The van der Waals surface area contributed by atoms with Crippen molar-refractivity contribution in [1.82, 2.24) is 39.3 Å². The number of tetrazole rings is 1. The van der Waals surface area contributed by atoms with Gasteiger partial charge >= 0.3 is 5.69 Å². The Kier molecular flexibility index (Phi) is 8.09. The van der Waals surface area contributed by atoms with Crippen molar-refractivity contribution in [2.75, 3.05) is 13.7 Å². The number of H-pyrrole nitrogens is 1. The molecule has 0 bridgehead atoms. The van der Waals surface area contributed by atoms with E-state index >= 15 is 0 Å². The Labute approximate surface area is 243 Å². The molecule has 0 radical (unpaired) electrons. The van der Waals surface area contributed by atoms with Gasteiger partial charge in [0.1, 0.15) is 5.82 Å². The fourth-order valence-electron chi connectivity index (χ4n) is 5.52. The average molecular weight is 569 g/mol. The van der Waals surface area contributed by atoms with E-state index in [1.54, 1.807) is 11.7 Å². The topological polar surface area (TPSA) is 126 Å². The average Bonchev–Trinajstić information content (AvgIpc) is 3.52. The number of aryl methyl sites for hydroxylation is 1. The van der Waals surface area contributed by atoms with Gasteiger partial charge in [-0.3, -0.25) is 13.9 Å². The maximum absolute atomic E-state index is 13.9. The smallest absolute Gasteiger partial charge is 0.332 e. The van der Waals surface area contributed by atoms with Gasteiger partial charge in [-0.15, -0.1) is 5.10 Å². The lowest BCUT2D eigenvalue weighted by Gasteiger charge is -2.13. The first-order valence-electron chi connectivity index (χ1n) is 14.7. The number of hydrogen-bond donors (Lipinski definition) is 1. The fraction of sp³-hybridized carbons (Fsp3) is 0.419. The Morgan fingerprint density at radius 1 is 0.976 bits per heavy atom. The molecule has 0 amide bonds. The van der Waals surface area contributed by atoms with Crippen LogP contribution in [0.4, 0.5) is 0 Å². The van der Waals surface area contributed by atoms with E-state index in [-0.39, 0.29) is 11.2 Å². The molecule has 5 aromatic rings. The minimum Gasteiger partial charge on any atom is -0.383 e. The molecule has 1 N–H and O–H groups in total. The summed E-state index contributed by atoms with van der Waals surface area (Å²) in [6.07, 6.45) is 5.95. The molecule has 3 heterocycles. The summed E-state index contributed by atoms with van der Waals surface area (Å²) in [6, 6.07) is 16.3. The van der Waals surface area contributed by atoms with Gasteiger partial charge in [-0.2, -0.15) is 0 Å². The molecule has 0 unspecified atom stereocenters. The van der Waals surface area contributed by atoms with Crippen LogP contribution in [0.5, 0.6) is 0 Å². The zero-order chi connectivity index (χ0) is 29.1. The molecule has 2 aromatic carbocycles. The number of aromatic amines is 1. The van der Waals surface area contributed by atoms with Crippen molar-refractivity contribution in [3.05, 3.63) is 80.8 Å². The van der Waals surface area contributed by atoms with E-state index in [0.717, 1.165) is 66.6 Å². The van der Waals surface area contributed by atoms with Crippen LogP contribution in [0, 0.1) is 5.92 Å². The van der Waals surface area contributed by atoms with Crippen molar-refractivity contribution in [2.45, 2.75) is 65.1 Å². The summed E-state index contributed by atoms with van der Waals surface area (Å²) in [5.74, 6) is 1.82. The third kappa shape index (κ3) is 5.56. The summed E-state index contributed by atoms with van der Waals surface area (Å²) in [7, 11) is 1.61. The summed E-state index contributed by atoms with van der Waals surface area (Å²) in [6.45, 7) is 3.80. The van der Waals surface area contributed by atoms with Crippen LogP contribution in [0.25, 0.3) is 33.7 Å². The molecule has 42 heavy (non-hydrogen) atoms. The molecular formula is C31H36N8O3. The molecule has 6 rings (SSSR count). The van der Waals surface area contributed by atoms with Gasteiger partial charge in [-0.1, -0.05) is 68.3 Å². The van der Waals surface area contributed by atoms with Crippen LogP contribution >= 0.6 is 0 Å². The second kappa shape index (κ2) is 12.2. The van der Waals surface area contributed by atoms with Gasteiger partial charge in [0.05, 0.1) is 13.2 Å². The predicted molar refractivity (Wildman–Crippen MR) is 160 cm³/mol. The van der Waals surface area contributed by atoms with E-state index in [1.807, 2.05) is 28.8 Å². The zero-order valence-electron chi connectivity index (χ0n) is 24.1. The number of aromatic nitrogens is 8. The van der Waals surface area contributed by atoms with Crippen LogP contribution < -0.4 is 11.2 Å². The third-order valence-corrected chi connectivity index (χ3v) is 7.99. The summed E-state index contributed by atoms with van der Waals surface area (Å²) >= 11 is 0. The first-order valence-corrected chi connectivity index (χ1v) is 14.7. The Bertz CT molecular complexity index is 1780. The molecule has 3 aromatic heterocycles. The molecule has 0 spiro atoms. The van der Waals surface area contributed by atoms with Crippen molar-refractivity contribution in [1.29, 1.82) is 0 Å². The number of rotatable bonds is 13. The van der Waals surface area contributed by atoms with E-state index in [1.165, 1.54) is 4.57 Å². The van der Waals surface area contributed by atoms with E-state index < -0.39 is 0 Å². The number of methoxy groups -OCH3 is 1. The number of fused-ring (bicyclic) bond motifs is 1. The minimum atomic E-state index is -0.300. The van der Waals surface area contributed by atoms with Crippen molar-refractivity contribution < 1.29 is 4.74 Å². The van der Waals surface area contributed by atoms with Crippen molar-refractivity contribution in [2.24, 2.45) is 5.92 Å². The van der Waals surface area contributed by atoms with Crippen LogP contribution in [0.1, 0.15) is 50.4 Å². The highest BCUT2D eigenvalue weighted by atomic mass is 16.5. The Morgan fingerprint density at radius 3 is 2.45 bits per heavy atom. The second-order valence-electron chi connectivity index (χ2n) is 11.0. The van der Waals surface area contributed by atoms with Gasteiger partial charge in [0, 0.05) is 32.2 Å². The first-order chi connectivity index (χ1) is 20.6. The van der Waals surface area contributed by atoms with E-state index in [2.05, 4.69) is 51.8 Å². The lowest BCUT2D eigenvalue weighted by Crippen LogP contribution is -2.41. The van der Waals surface area contributed by atoms with E-state index in [9.17, 15) is 9.59 Å². The highest BCUT2D eigenvalue weighted by Crippen LogP contribution is 2.31. The summed E-state index contributed by atoms with van der Waals surface area (Å²) in [5.41, 5.74) is 4.39. The normalized spacial score (nSPS) is 13.3. The van der Waals surface area contributed by atoms with Crippen molar-refractivity contribution in [3.8, 4) is 22.5 Å². The lowest BCUT2D eigenvalue weighted by molar-refractivity contribution is 0.186. The molecule has 11 nitrogen and oxygen atoms in total. The van der Waals surface area contributed by atoms with Crippen LogP contribution in [-0.2, 0) is 30.8 Å². The minimum absolute atomic E-state index is 0.254. The molecule has 218 valence electrons. The van der Waals surface area contributed by atoms with Crippen LogP contribution in [0.2, 0.25) is 0 Å². The molecule has 1 saturated carbocycles. The molecule has 0 atom stereocenters. The van der Waals surface area contributed by atoms with Gasteiger partial charge in [0.15, 0.2) is 17.0 Å². The van der Waals surface area contributed by atoms with E-state index in [0.29, 0.717) is 49.1 Å². The van der Waals surface area contributed by atoms with Gasteiger partial charge in [-0.25, -0.2) is 14.9 Å². The van der Waals surface area contributed by atoms with E-state index in [4.69, 9.17) is 9.72 Å². The summed E-state index contributed by atoms with van der Waals surface area (Å²) in [4.78, 5) is 32.4. The molecule has 11 heteroatoms. The molecule has 1 aliphatic rings. The van der Waals surface area contributed by atoms with Crippen molar-refractivity contribution >= 4 is 11.2 Å². The van der Waals surface area contributed by atoms with Crippen LogP contribution in [0.3, 0.4) is 0 Å². The number of nitrogens with one attached hydrogen (secondary N) is 1. The number of hydrogen-bond acceptors (Lipinski definition) is 7. The van der Waals surface area contributed by atoms with Gasteiger partial charge < -0.3 is 9.30 Å². The number of benzene rings is 2. The number of nitrogens with zero attached hydrogens (tertiary/aromatic N) is 7. The maximum Gasteiger partial charge on any atom is 0.332 e. The standard InChI is InChI=1S/C31H36N8O3/c1-3-4-5-10-26-32-29-27(30(40)39(20-21-11-12-21)31(41)37(29)17-18-42-2)38(26)19-22-13-15-23(16-14-22)24-8-6-7-9-25(24)28-33-35-36-34-28/h6-9,13-16,21H,3-5,10-12,17-20H2,1-2H3,(H,33,34,35,36). The molecule has 0 saturated heterocycles. The Morgan fingerprint density at radius 2 is 1.76 bits per heavy atom. The predicted octanol–water partition coefficient (Wildman–Crippen LogP) is 4.04. The monoisotopic (exact) mass is 568 g/mol. The largest absolute Gasteiger partial charge is 0.383 e. The SMILES string of the molecule is CCCCCc1nc2c(c(=O)n(CC3CC3)c(=O)n2CCOC)n1Cc1ccc(-c2ccccc2-c2nnn[nH]2)cc1. The molecular weight excluding hydrogens is 532 g/mol. The molecule has 1 aliphatic carbocycles. The van der Waals surface area contributed by atoms with Gasteiger partial charge in [0.2, 0.25) is 0 Å². The molecule has 1 fully saturated rings. The van der Waals surface area contributed by atoms with Crippen molar-refractivity contribution in [3.63, 3.8) is 0 Å². The second-order valence-corrected chi connectivity index (χ2v) is 11.0. The number of imidazole rings is 1. The fourth-order valence-corrected chi connectivity index (χ4v) is 5.52. The summed E-state index contributed by atoms with van der Waals surface area (Å²) in [5, 5.41) is 14.4. The lowest BCUT2D eigenvalue weighted by atomic mass is 9.98. The molecule has 0 aliphatic heterocycles. The maximum atomic E-state index is 13.9. The number of ether oxygens (including phenoxy) is 1. The highest BCUT2D eigenvalue weighted by Gasteiger charge is 2.27.